The first-order valence-corrected chi connectivity index (χ1v) is 7.24. The van der Waals surface area contributed by atoms with Crippen LogP contribution in [-0.2, 0) is 0 Å². The molecule has 2 N–H and O–H groups in total. The van der Waals surface area contributed by atoms with Crippen molar-refractivity contribution >= 4 is 18.4 Å². The largest absolute Gasteiger partial charge is 0.507 e. The number of phenols is 1. The smallest absolute Gasteiger partial charge is 0.216 e. The molecular formula is C16H14N4O2S. The number of rotatable bonds is 4. The molecule has 0 saturated heterocycles. The zero-order chi connectivity index (χ0) is 16.2. The minimum Gasteiger partial charge on any atom is -0.507 e. The average molecular weight is 326 g/mol. The van der Waals surface area contributed by atoms with Gasteiger partial charge in [0.25, 0.3) is 0 Å². The Hall–Kier alpha value is -2.93. The summed E-state index contributed by atoms with van der Waals surface area (Å²) < 4.78 is 7.01. The Balaban J connectivity index is 1.99. The molecule has 0 aliphatic carbocycles. The minimum absolute atomic E-state index is 0.150. The number of hydrogen-bond acceptors (Lipinski definition) is 5. The van der Waals surface area contributed by atoms with Crippen molar-refractivity contribution in [2.24, 2.45) is 5.10 Å². The molecule has 0 unspecified atom stereocenters. The number of H-pyrrole nitrogens is 1. The summed E-state index contributed by atoms with van der Waals surface area (Å²) >= 11 is 5.21. The van der Waals surface area contributed by atoms with Crippen molar-refractivity contribution in [3.63, 3.8) is 0 Å². The van der Waals surface area contributed by atoms with Crippen molar-refractivity contribution in [1.82, 2.24) is 14.9 Å². The topological polar surface area (TPSA) is 75.4 Å². The SMILES string of the molecule is COc1ccc(-c2n[nH]c(=S)n2/N=C/c2ccccc2O)cc1. The fourth-order valence-electron chi connectivity index (χ4n) is 2.04. The van der Waals surface area contributed by atoms with E-state index in [0.717, 1.165) is 11.3 Å². The molecular weight excluding hydrogens is 312 g/mol. The van der Waals surface area contributed by atoms with Crippen molar-refractivity contribution in [1.29, 1.82) is 0 Å². The van der Waals surface area contributed by atoms with Crippen LogP contribution in [0.15, 0.2) is 53.6 Å². The van der Waals surface area contributed by atoms with Gasteiger partial charge in [-0.1, -0.05) is 12.1 Å². The first-order chi connectivity index (χ1) is 11.2. The van der Waals surface area contributed by atoms with Gasteiger partial charge in [0.05, 0.1) is 13.3 Å². The van der Waals surface area contributed by atoms with E-state index < -0.39 is 0 Å². The quantitative estimate of drug-likeness (QED) is 0.570. The second kappa shape index (κ2) is 6.45. The molecule has 0 fully saturated rings. The van der Waals surface area contributed by atoms with Crippen LogP contribution < -0.4 is 4.74 Å². The van der Waals surface area contributed by atoms with E-state index in [2.05, 4.69) is 15.3 Å². The normalized spacial score (nSPS) is 11.0. The monoisotopic (exact) mass is 326 g/mol. The predicted octanol–water partition coefficient (Wildman–Crippen LogP) is 3.20. The van der Waals surface area contributed by atoms with Crippen LogP contribution in [0.4, 0.5) is 0 Å². The van der Waals surface area contributed by atoms with Crippen LogP contribution in [-0.4, -0.2) is 33.3 Å². The lowest BCUT2D eigenvalue weighted by Crippen LogP contribution is -1.95. The Bertz CT molecular complexity index is 897. The molecule has 0 spiro atoms. The van der Waals surface area contributed by atoms with E-state index in [1.165, 1.54) is 10.9 Å². The number of nitrogens with zero attached hydrogens (tertiary/aromatic N) is 3. The summed E-state index contributed by atoms with van der Waals surface area (Å²) in [5.74, 6) is 1.48. The molecule has 0 aliphatic heterocycles. The summed E-state index contributed by atoms with van der Waals surface area (Å²) in [4.78, 5) is 0. The van der Waals surface area contributed by atoms with Crippen LogP contribution in [0.3, 0.4) is 0 Å². The number of nitrogens with one attached hydrogen (secondary N) is 1. The van der Waals surface area contributed by atoms with E-state index in [1.807, 2.05) is 30.3 Å². The van der Waals surface area contributed by atoms with Gasteiger partial charge in [-0.05, 0) is 48.6 Å². The molecule has 116 valence electrons. The fourth-order valence-corrected chi connectivity index (χ4v) is 2.22. The predicted molar refractivity (Wildman–Crippen MR) is 90.5 cm³/mol. The van der Waals surface area contributed by atoms with Crippen molar-refractivity contribution in [2.75, 3.05) is 7.11 Å². The summed E-state index contributed by atoms with van der Waals surface area (Å²) in [6, 6.07) is 14.3. The van der Waals surface area contributed by atoms with Crippen LogP contribution in [0.5, 0.6) is 11.5 Å². The Labute approximate surface area is 137 Å². The van der Waals surface area contributed by atoms with E-state index in [1.54, 1.807) is 25.3 Å². The Morgan fingerprint density at radius 1 is 1.22 bits per heavy atom. The molecule has 0 aliphatic rings. The lowest BCUT2D eigenvalue weighted by Gasteiger charge is -2.03. The van der Waals surface area contributed by atoms with Gasteiger partial charge in [-0.25, -0.2) is 5.10 Å². The summed E-state index contributed by atoms with van der Waals surface area (Å²) in [5.41, 5.74) is 1.43. The van der Waals surface area contributed by atoms with Crippen LogP contribution in [0.25, 0.3) is 11.4 Å². The number of aromatic hydroxyl groups is 1. The molecule has 3 rings (SSSR count). The third-order valence-corrected chi connectivity index (χ3v) is 3.51. The highest BCUT2D eigenvalue weighted by molar-refractivity contribution is 7.71. The first-order valence-electron chi connectivity index (χ1n) is 6.83. The zero-order valence-electron chi connectivity index (χ0n) is 12.3. The van der Waals surface area contributed by atoms with Crippen molar-refractivity contribution in [3.8, 4) is 22.9 Å². The van der Waals surface area contributed by atoms with Gasteiger partial charge in [0.15, 0.2) is 5.82 Å². The van der Waals surface area contributed by atoms with Crippen molar-refractivity contribution in [2.45, 2.75) is 0 Å². The van der Waals surface area contributed by atoms with Crippen LogP contribution >= 0.6 is 12.2 Å². The number of aromatic nitrogens is 3. The van der Waals surface area contributed by atoms with Crippen molar-refractivity contribution in [3.05, 3.63) is 58.9 Å². The van der Waals surface area contributed by atoms with Gasteiger partial charge >= 0.3 is 0 Å². The number of methoxy groups -OCH3 is 1. The summed E-state index contributed by atoms with van der Waals surface area (Å²) in [7, 11) is 1.61. The lowest BCUT2D eigenvalue weighted by molar-refractivity contribution is 0.415. The molecule has 6 nitrogen and oxygen atoms in total. The fraction of sp³-hybridized carbons (Fsp3) is 0.0625. The van der Waals surface area contributed by atoms with E-state index in [0.29, 0.717) is 16.2 Å². The van der Waals surface area contributed by atoms with Gasteiger partial charge in [0, 0.05) is 11.1 Å². The Morgan fingerprint density at radius 3 is 2.65 bits per heavy atom. The highest BCUT2D eigenvalue weighted by atomic mass is 32.1. The number of hydrogen-bond donors (Lipinski definition) is 2. The molecule has 0 atom stereocenters. The third-order valence-electron chi connectivity index (χ3n) is 3.25. The van der Waals surface area contributed by atoms with Gasteiger partial charge in [0.1, 0.15) is 11.5 Å². The summed E-state index contributed by atoms with van der Waals surface area (Å²) in [5, 5.41) is 21.0. The first kappa shape index (κ1) is 15.0. The number of aromatic amines is 1. The molecule has 2 aromatic carbocycles. The molecule has 1 aromatic heterocycles. The van der Waals surface area contributed by atoms with E-state index in [-0.39, 0.29) is 5.75 Å². The van der Waals surface area contributed by atoms with Gasteiger partial charge in [-0.2, -0.15) is 14.9 Å². The third kappa shape index (κ3) is 3.14. The highest BCUT2D eigenvalue weighted by Crippen LogP contribution is 2.21. The van der Waals surface area contributed by atoms with Crippen LogP contribution in [0, 0.1) is 4.77 Å². The number of benzene rings is 2. The van der Waals surface area contributed by atoms with E-state index in [4.69, 9.17) is 17.0 Å². The van der Waals surface area contributed by atoms with E-state index >= 15 is 0 Å². The Kier molecular flexibility index (Phi) is 4.20. The number of phenolic OH excluding ortho intramolecular Hbond substituents is 1. The molecule has 0 saturated carbocycles. The summed E-state index contributed by atoms with van der Waals surface area (Å²) in [6.07, 6.45) is 1.54. The standard InChI is InChI=1S/C16H14N4O2S/c1-22-13-8-6-11(7-9-13)15-18-19-16(23)20(15)17-10-12-4-2-3-5-14(12)21/h2-10,21H,1H3,(H,19,23)/b17-10+. The Morgan fingerprint density at radius 2 is 1.96 bits per heavy atom. The minimum atomic E-state index is 0.150. The van der Waals surface area contributed by atoms with Gasteiger partial charge < -0.3 is 9.84 Å². The van der Waals surface area contributed by atoms with Crippen molar-refractivity contribution < 1.29 is 9.84 Å². The molecule has 1 heterocycles. The van der Waals surface area contributed by atoms with Crippen LogP contribution in [0.1, 0.15) is 5.56 Å². The van der Waals surface area contributed by atoms with Gasteiger partial charge in [0.2, 0.25) is 4.77 Å². The lowest BCUT2D eigenvalue weighted by atomic mass is 10.2. The summed E-state index contributed by atoms with van der Waals surface area (Å²) in [6.45, 7) is 0. The average Bonchev–Trinajstić information content (AvgIpc) is 2.95. The van der Waals surface area contributed by atoms with E-state index in [9.17, 15) is 5.11 Å². The molecule has 0 radical (unpaired) electrons. The molecule has 3 aromatic rings. The second-order valence-electron chi connectivity index (χ2n) is 4.70. The van der Waals surface area contributed by atoms with Gasteiger partial charge in [-0.15, -0.1) is 0 Å². The second-order valence-corrected chi connectivity index (χ2v) is 5.08. The maximum Gasteiger partial charge on any atom is 0.216 e. The maximum atomic E-state index is 9.79. The number of ether oxygens (including phenoxy) is 1. The molecule has 23 heavy (non-hydrogen) atoms. The molecule has 0 amide bonds. The highest BCUT2D eigenvalue weighted by Gasteiger charge is 2.08. The van der Waals surface area contributed by atoms with Crippen LogP contribution in [0.2, 0.25) is 0 Å². The molecule has 0 bridgehead atoms. The molecule has 7 heteroatoms. The van der Waals surface area contributed by atoms with Gasteiger partial charge in [-0.3, -0.25) is 0 Å². The number of para-hydroxylation sites is 1. The zero-order valence-corrected chi connectivity index (χ0v) is 13.1. The maximum absolute atomic E-state index is 9.79.